The highest BCUT2D eigenvalue weighted by Crippen LogP contribution is 2.28. The minimum absolute atomic E-state index is 0.356. The largest absolute Gasteiger partial charge is 0.351 e. The number of hydrogen-bond acceptors (Lipinski definition) is 3. The third-order valence-corrected chi connectivity index (χ3v) is 4.99. The van der Waals surface area contributed by atoms with E-state index in [9.17, 15) is 9.59 Å². The Bertz CT molecular complexity index is 725. The molecule has 1 saturated heterocycles. The van der Waals surface area contributed by atoms with Gasteiger partial charge in [0.2, 0.25) is 5.91 Å². The van der Waals surface area contributed by atoms with E-state index in [0.29, 0.717) is 5.92 Å². The summed E-state index contributed by atoms with van der Waals surface area (Å²) in [6, 6.07) is 18.8. The fraction of sp³-hybridized carbons (Fsp3) is 0.333. The average molecular weight is 351 g/mol. The summed E-state index contributed by atoms with van der Waals surface area (Å²) in [6.07, 6.45) is 3.13. The second-order valence-corrected chi connectivity index (χ2v) is 6.84. The van der Waals surface area contributed by atoms with Gasteiger partial charge in [-0.2, -0.15) is 0 Å². The molecule has 3 rings (SSSR count). The summed E-state index contributed by atoms with van der Waals surface area (Å²) in [5.41, 5.74) is 7.40. The Morgan fingerprint density at radius 3 is 2.15 bits per heavy atom. The van der Waals surface area contributed by atoms with Crippen LogP contribution in [0.15, 0.2) is 60.7 Å². The van der Waals surface area contributed by atoms with Gasteiger partial charge in [-0.1, -0.05) is 60.7 Å². The molecule has 1 unspecified atom stereocenters. The van der Waals surface area contributed by atoms with E-state index in [1.165, 1.54) is 5.56 Å². The molecule has 1 heterocycles. The van der Waals surface area contributed by atoms with E-state index in [0.717, 1.165) is 37.9 Å². The van der Waals surface area contributed by atoms with Crippen LogP contribution in [0.4, 0.5) is 4.79 Å². The number of hydrogen-bond donors (Lipinski definition) is 2. The van der Waals surface area contributed by atoms with Crippen LogP contribution in [0.3, 0.4) is 0 Å². The van der Waals surface area contributed by atoms with Crippen LogP contribution in [0.2, 0.25) is 0 Å². The summed E-state index contributed by atoms with van der Waals surface area (Å²) in [6.45, 7) is 1.65. The molecule has 5 heteroatoms. The maximum atomic E-state index is 12.6. The molecule has 0 aliphatic carbocycles. The molecule has 1 atom stereocenters. The number of piperidine rings is 1. The molecule has 1 aliphatic rings. The van der Waals surface area contributed by atoms with Crippen molar-refractivity contribution < 1.29 is 9.59 Å². The maximum absolute atomic E-state index is 12.6. The Labute approximate surface area is 154 Å². The van der Waals surface area contributed by atoms with Crippen LogP contribution in [0.1, 0.15) is 30.0 Å². The van der Waals surface area contributed by atoms with Crippen LogP contribution >= 0.6 is 0 Å². The first-order valence-electron chi connectivity index (χ1n) is 9.06. The second kappa shape index (κ2) is 8.63. The van der Waals surface area contributed by atoms with Crippen LogP contribution in [-0.4, -0.2) is 29.9 Å². The van der Waals surface area contributed by atoms with Crippen molar-refractivity contribution in [3.05, 3.63) is 71.8 Å². The second-order valence-electron chi connectivity index (χ2n) is 6.84. The van der Waals surface area contributed by atoms with Crippen molar-refractivity contribution in [1.82, 2.24) is 10.2 Å². The number of benzene rings is 2. The lowest BCUT2D eigenvalue weighted by Crippen LogP contribution is -2.47. The van der Waals surface area contributed by atoms with Crippen molar-refractivity contribution in [1.29, 1.82) is 0 Å². The van der Waals surface area contributed by atoms with Crippen molar-refractivity contribution in [2.45, 2.75) is 25.3 Å². The quantitative estimate of drug-likeness (QED) is 0.870. The number of primary amides is 1. The number of nitrogens with two attached hydrogens (primary N) is 1. The van der Waals surface area contributed by atoms with E-state index in [1.807, 2.05) is 36.4 Å². The maximum Gasteiger partial charge on any atom is 0.318 e. The highest BCUT2D eigenvalue weighted by Gasteiger charge is 2.31. The Hall–Kier alpha value is -2.66. The zero-order valence-corrected chi connectivity index (χ0v) is 14.8. The van der Waals surface area contributed by atoms with Gasteiger partial charge in [-0.15, -0.1) is 0 Å². The molecule has 0 saturated carbocycles. The molecule has 2 aromatic carbocycles. The third kappa shape index (κ3) is 4.70. The first kappa shape index (κ1) is 18.1. The number of rotatable bonds is 5. The molecule has 0 spiro atoms. The van der Waals surface area contributed by atoms with Crippen LogP contribution in [0.25, 0.3) is 0 Å². The summed E-state index contributed by atoms with van der Waals surface area (Å²) in [5.74, 6) is 0.259. The van der Waals surface area contributed by atoms with Crippen LogP contribution in [-0.2, 0) is 11.2 Å². The minimum atomic E-state index is -0.810. The van der Waals surface area contributed by atoms with Gasteiger partial charge >= 0.3 is 6.03 Å². The Kier molecular flexibility index (Phi) is 6.02. The monoisotopic (exact) mass is 351 g/mol. The lowest BCUT2D eigenvalue weighted by atomic mass is 9.89. The highest BCUT2D eigenvalue weighted by molar-refractivity contribution is 5.96. The molecule has 3 amide bonds. The lowest BCUT2D eigenvalue weighted by Gasteiger charge is -2.37. The predicted molar refractivity (Wildman–Crippen MR) is 101 cm³/mol. The molecule has 136 valence electrons. The Morgan fingerprint density at radius 2 is 1.58 bits per heavy atom. The average Bonchev–Trinajstić information content (AvgIpc) is 2.64. The van der Waals surface area contributed by atoms with Gasteiger partial charge in [-0.25, -0.2) is 4.79 Å². The topological polar surface area (TPSA) is 75.4 Å². The van der Waals surface area contributed by atoms with E-state index in [1.54, 1.807) is 0 Å². The van der Waals surface area contributed by atoms with Gasteiger partial charge in [0.15, 0.2) is 0 Å². The number of carbonyl (C=O) groups excluding carboxylic acids is 2. The molecule has 26 heavy (non-hydrogen) atoms. The normalized spacial score (nSPS) is 16.8. The fourth-order valence-electron chi connectivity index (χ4n) is 3.72. The van der Waals surface area contributed by atoms with Crippen LogP contribution < -0.4 is 11.1 Å². The zero-order chi connectivity index (χ0) is 18.4. The Morgan fingerprint density at radius 1 is 1.00 bits per heavy atom. The number of nitrogens with one attached hydrogen (secondary N) is 1. The summed E-state index contributed by atoms with van der Waals surface area (Å²) >= 11 is 0. The molecule has 3 N–H and O–H groups in total. The number of carbonyl (C=O) groups is 2. The van der Waals surface area contributed by atoms with Gasteiger partial charge in [0.25, 0.3) is 0 Å². The molecular formula is C21H25N3O2. The van der Waals surface area contributed by atoms with Gasteiger partial charge in [0.05, 0.1) is 0 Å². The van der Waals surface area contributed by atoms with Gasteiger partial charge in [0.1, 0.15) is 6.04 Å². The molecule has 1 aliphatic heterocycles. The first-order valence-corrected chi connectivity index (χ1v) is 9.06. The van der Waals surface area contributed by atoms with E-state index < -0.39 is 12.1 Å². The number of nitrogens with zero attached hydrogens (tertiary/aromatic N) is 1. The first-order chi connectivity index (χ1) is 12.6. The van der Waals surface area contributed by atoms with E-state index in [2.05, 4.69) is 34.5 Å². The van der Waals surface area contributed by atoms with Gasteiger partial charge < -0.3 is 5.73 Å². The number of amides is 3. The molecule has 0 bridgehead atoms. The highest BCUT2D eigenvalue weighted by atomic mass is 16.2. The van der Waals surface area contributed by atoms with Crippen molar-refractivity contribution in [3.63, 3.8) is 0 Å². The lowest BCUT2D eigenvalue weighted by molar-refractivity contribution is -0.126. The van der Waals surface area contributed by atoms with E-state index in [-0.39, 0.29) is 5.91 Å². The summed E-state index contributed by atoms with van der Waals surface area (Å²) in [7, 11) is 0. The zero-order valence-electron chi connectivity index (χ0n) is 14.8. The van der Waals surface area contributed by atoms with Crippen LogP contribution in [0, 0.1) is 5.92 Å². The summed E-state index contributed by atoms with van der Waals surface area (Å²) < 4.78 is 0. The molecular weight excluding hydrogens is 326 g/mol. The molecule has 0 aromatic heterocycles. The smallest absolute Gasteiger partial charge is 0.318 e. The fourth-order valence-corrected chi connectivity index (χ4v) is 3.72. The molecule has 0 radical (unpaired) electrons. The SMILES string of the molecule is NC(=O)NC(=O)C(c1ccccc1)N1CCC(Cc2ccccc2)CC1. The predicted octanol–water partition coefficient (Wildman–Crippen LogP) is 2.88. The van der Waals surface area contributed by atoms with Gasteiger partial charge in [-0.05, 0) is 49.4 Å². The number of urea groups is 1. The van der Waals surface area contributed by atoms with Crippen molar-refractivity contribution in [2.24, 2.45) is 11.7 Å². The van der Waals surface area contributed by atoms with Gasteiger partial charge in [-0.3, -0.25) is 15.0 Å². The minimum Gasteiger partial charge on any atom is -0.351 e. The van der Waals surface area contributed by atoms with Gasteiger partial charge in [0, 0.05) is 0 Å². The third-order valence-electron chi connectivity index (χ3n) is 4.99. The number of imide groups is 1. The van der Waals surface area contributed by atoms with Crippen molar-refractivity contribution in [2.75, 3.05) is 13.1 Å². The van der Waals surface area contributed by atoms with E-state index in [4.69, 9.17) is 5.73 Å². The molecule has 2 aromatic rings. The molecule has 1 fully saturated rings. The van der Waals surface area contributed by atoms with Crippen LogP contribution in [0.5, 0.6) is 0 Å². The summed E-state index contributed by atoms with van der Waals surface area (Å²) in [5, 5.41) is 2.25. The Balaban J connectivity index is 1.67. The summed E-state index contributed by atoms with van der Waals surface area (Å²) in [4.78, 5) is 25.9. The van der Waals surface area contributed by atoms with Crippen molar-refractivity contribution >= 4 is 11.9 Å². The molecule has 5 nitrogen and oxygen atoms in total. The number of likely N-dealkylation sites (tertiary alicyclic amines) is 1. The van der Waals surface area contributed by atoms with Crippen molar-refractivity contribution in [3.8, 4) is 0 Å². The van der Waals surface area contributed by atoms with E-state index >= 15 is 0 Å². The standard InChI is InChI=1S/C21H25N3O2/c22-21(26)23-20(25)19(18-9-5-2-6-10-18)24-13-11-17(12-14-24)15-16-7-3-1-4-8-16/h1-10,17,19H,11-15H2,(H3,22,23,25,26).